The van der Waals surface area contributed by atoms with Crippen LogP contribution in [0.15, 0.2) is 69.9 Å². The van der Waals surface area contributed by atoms with Crippen LogP contribution in [0.5, 0.6) is 0 Å². The quantitative estimate of drug-likeness (QED) is 0.359. The smallest absolute Gasteiger partial charge is 0.270 e. The molecule has 0 N–H and O–H groups in total. The van der Waals surface area contributed by atoms with Crippen LogP contribution in [0.4, 0.5) is 17.6 Å². The van der Waals surface area contributed by atoms with E-state index in [2.05, 4.69) is 39.6 Å². The first kappa shape index (κ1) is 26.5. The number of nitrogens with zero attached hydrogens (tertiary/aromatic N) is 1. The topological polar surface area (TPSA) is 12.9 Å². The molecule has 1 aromatic heterocycles. The van der Waals surface area contributed by atoms with E-state index in [1.807, 2.05) is 0 Å². The predicted molar refractivity (Wildman–Crippen MR) is 95.0 cm³/mol. The van der Waals surface area contributed by atoms with E-state index in [0.717, 1.165) is 0 Å². The molecule has 0 saturated heterocycles. The molecular weight excluding hydrogens is 570 g/mol. The van der Waals surface area contributed by atoms with Gasteiger partial charge in [0.2, 0.25) is 0 Å². The zero-order valence-corrected chi connectivity index (χ0v) is 19.1. The number of halogens is 5. The minimum Gasteiger partial charge on any atom is -1.00 e. The maximum atomic E-state index is 13.3. The molecule has 0 bridgehead atoms. The van der Waals surface area contributed by atoms with Gasteiger partial charge in [0, 0.05) is 32.2 Å². The zero-order chi connectivity index (χ0) is 19.6. The number of pyridine rings is 1. The Morgan fingerprint density at radius 2 is 1.32 bits per heavy atom. The Morgan fingerprint density at radius 1 is 0.786 bits per heavy atom. The van der Waals surface area contributed by atoms with Crippen molar-refractivity contribution in [1.29, 1.82) is 0 Å². The van der Waals surface area contributed by atoms with E-state index >= 15 is 0 Å². The van der Waals surface area contributed by atoms with E-state index < -0.39 is 29.2 Å². The monoisotopic (exact) mass is 589 g/mol. The fourth-order valence-electron chi connectivity index (χ4n) is 2.62. The molecule has 1 heterocycles. The van der Waals surface area contributed by atoms with Gasteiger partial charge in [-0.3, -0.25) is 4.98 Å². The van der Waals surface area contributed by atoms with Gasteiger partial charge in [-0.15, -0.1) is 0 Å². The van der Waals surface area contributed by atoms with Crippen LogP contribution in [-0.2, 0) is 20.1 Å². The summed E-state index contributed by atoms with van der Waals surface area (Å²) in [6, 6.07) is 4.40. The number of hydrogen-bond donors (Lipinski definition) is 0. The SMILES string of the molecule is C[C]1C(C)=C(C)C(C)=C1C.F[C]1C(F)=C=C(c2ccccn2)C(F)=C1F.[Cl-].[Ir]. The number of aromatic nitrogens is 1. The molecular formula is C21H19ClF4IrN-. The number of hydrogen-bond acceptors (Lipinski definition) is 1. The average Bonchev–Trinajstić information content (AvgIpc) is 2.82. The first-order valence-electron chi connectivity index (χ1n) is 8.03. The van der Waals surface area contributed by atoms with Gasteiger partial charge in [0.15, 0.2) is 17.5 Å². The molecule has 0 saturated carbocycles. The molecule has 3 rings (SSSR count). The Kier molecular flexibility index (Phi) is 10.4. The van der Waals surface area contributed by atoms with Crippen LogP contribution in [0.1, 0.15) is 40.3 Å². The summed E-state index contributed by atoms with van der Waals surface area (Å²) in [6.07, 6.45) is -0.556. The van der Waals surface area contributed by atoms with Gasteiger partial charge in [-0.2, -0.15) is 4.39 Å². The maximum Gasteiger partial charge on any atom is 0.270 e. The Bertz CT molecular complexity index is 857. The Morgan fingerprint density at radius 3 is 1.71 bits per heavy atom. The van der Waals surface area contributed by atoms with Crippen molar-refractivity contribution in [3.05, 3.63) is 87.7 Å². The van der Waals surface area contributed by atoms with Crippen molar-refractivity contribution in [1.82, 2.24) is 4.98 Å². The van der Waals surface area contributed by atoms with Crippen LogP contribution in [0.3, 0.4) is 0 Å². The minimum absolute atomic E-state index is 0. The maximum absolute atomic E-state index is 13.3. The van der Waals surface area contributed by atoms with E-state index in [-0.39, 0.29) is 38.2 Å². The van der Waals surface area contributed by atoms with Gasteiger partial charge in [-0.25, -0.2) is 13.2 Å². The van der Waals surface area contributed by atoms with E-state index in [1.165, 1.54) is 46.5 Å². The summed E-state index contributed by atoms with van der Waals surface area (Å²) >= 11 is 0. The number of allylic oxidation sites excluding steroid dienone is 7. The standard InChI is InChI=1S/C11H4F4N.C10H15.ClH.Ir/c12-7-5-6(8-3-1-2-4-16-8)9(13)11(15)10(7)14;1-6-7(2)9(4)10(5)8(6)3;;/h1-4H;1-5H3;1H;/p-1. The molecule has 0 atom stereocenters. The Hall–Kier alpha value is -1.45. The molecule has 0 unspecified atom stereocenters. The van der Waals surface area contributed by atoms with Gasteiger partial charge in [0.05, 0.1) is 11.3 Å². The molecule has 7 heteroatoms. The Balaban J connectivity index is 0.000000532. The molecule has 2 aliphatic rings. The van der Waals surface area contributed by atoms with Crippen LogP contribution in [0.2, 0.25) is 0 Å². The van der Waals surface area contributed by atoms with E-state index in [1.54, 1.807) is 11.8 Å². The van der Waals surface area contributed by atoms with E-state index in [4.69, 9.17) is 0 Å². The first-order chi connectivity index (χ1) is 12.2. The van der Waals surface area contributed by atoms with Crippen LogP contribution in [0.25, 0.3) is 5.57 Å². The van der Waals surface area contributed by atoms with Crippen molar-refractivity contribution >= 4 is 5.57 Å². The van der Waals surface area contributed by atoms with Crippen LogP contribution < -0.4 is 12.4 Å². The third-order valence-corrected chi connectivity index (χ3v) is 4.77. The van der Waals surface area contributed by atoms with Crippen LogP contribution >= 0.6 is 0 Å². The fourth-order valence-corrected chi connectivity index (χ4v) is 2.62. The van der Waals surface area contributed by atoms with Crippen molar-refractivity contribution < 1.29 is 50.1 Å². The second-order valence-corrected chi connectivity index (χ2v) is 6.10. The van der Waals surface area contributed by atoms with Crippen molar-refractivity contribution in [3.63, 3.8) is 0 Å². The molecule has 28 heavy (non-hydrogen) atoms. The number of rotatable bonds is 1. The van der Waals surface area contributed by atoms with Crippen molar-refractivity contribution in [3.8, 4) is 0 Å². The van der Waals surface area contributed by atoms with Gasteiger partial charge >= 0.3 is 0 Å². The van der Waals surface area contributed by atoms with Gasteiger partial charge < -0.3 is 12.4 Å². The third-order valence-electron chi connectivity index (χ3n) is 4.77. The van der Waals surface area contributed by atoms with Gasteiger partial charge in [-0.05, 0) is 51.0 Å². The second kappa shape index (κ2) is 10.9. The minimum atomic E-state index is -1.88. The molecule has 1 nitrogen and oxygen atoms in total. The van der Waals surface area contributed by atoms with Gasteiger partial charge in [-0.1, -0.05) is 29.9 Å². The zero-order valence-electron chi connectivity index (χ0n) is 16.0. The molecule has 0 aromatic carbocycles. The largest absolute Gasteiger partial charge is 1.00 e. The molecule has 3 radical (unpaired) electrons. The molecule has 0 aliphatic heterocycles. The third kappa shape index (κ3) is 5.33. The normalized spacial score (nSPS) is 17.5. The van der Waals surface area contributed by atoms with Crippen molar-refractivity contribution in [2.24, 2.45) is 0 Å². The molecule has 2 aliphatic carbocycles. The van der Waals surface area contributed by atoms with Crippen molar-refractivity contribution in [2.45, 2.75) is 34.6 Å². The molecule has 153 valence electrons. The van der Waals surface area contributed by atoms with Crippen LogP contribution in [-0.4, -0.2) is 4.98 Å². The van der Waals surface area contributed by atoms with Gasteiger partial charge in [0.1, 0.15) is 0 Å². The average molecular weight is 589 g/mol. The van der Waals surface area contributed by atoms with Crippen LogP contribution in [0, 0.1) is 12.1 Å². The molecule has 0 amide bonds. The summed E-state index contributed by atoms with van der Waals surface area (Å²) in [5.41, 5.74) is 7.11. The summed E-state index contributed by atoms with van der Waals surface area (Å²) in [4.78, 5) is 3.69. The molecule has 0 spiro atoms. The Labute approximate surface area is 182 Å². The summed E-state index contributed by atoms with van der Waals surface area (Å²) in [5, 5.41) is 0. The summed E-state index contributed by atoms with van der Waals surface area (Å²) < 4.78 is 51.7. The van der Waals surface area contributed by atoms with Crippen molar-refractivity contribution in [2.75, 3.05) is 0 Å². The first-order valence-corrected chi connectivity index (χ1v) is 8.03. The van der Waals surface area contributed by atoms with Gasteiger partial charge in [0.25, 0.3) is 6.17 Å². The summed E-state index contributed by atoms with van der Waals surface area (Å²) in [7, 11) is 0. The molecule has 1 aromatic rings. The second-order valence-electron chi connectivity index (χ2n) is 6.10. The van der Waals surface area contributed by atoms with E-state index in [9.17, 15) is 17.6 Å². The molecule has 0 fully saturated rings. The summed E-state index contributed by atoms with van der Waals surface area (Å²) in [5.74, 6) is -3.47. The fraction of sp³-hybridized carbons (Fsp3) is 0.238. The van der Waals surface area contributed by atoms with E-state index in [0.29, 0.717) is 0 Å². The summed E-state index contributed by atoms with van der Waals surface area (Å²) in [6.45, 7) is 11.0. The predicted octanol–water partition coefficient (Wildman–Crippen LogP) is 3.85.